The van der Waals surface area contributed by atoms with Crippen molar-refractivity contribution >= 4 is 22.6 Å². The third-order valence-corrected chi connectivity index (χ3v) is 5.31. The molecular weight excluding hydrogens is 340 g/mol. The zero-order chi connectivity index (χ0) is 18.4. The van der Waals surface area contributed by atoms with Crippen LogP contribution in [-0.4, -0.2) is 35.6 Å². The molecule has 1 fully saturated rings. The van der Waals surface area contributed by atoms with Gasteiger partial charge >= 0.3 is 0 Å². The van der Waals surface area contributed by atoms with E-state index in [1.807, 2.05) is 25.3 Å². The molecule has 5 rings (SSSR count). The lowest BCUT2D eigenvalue weighted by Gasteiger charge is -2.15. The van der Waals surface area contributed by atoms with Gasteiger partial charge < -0.3 is 10.3 Å². The molecule has 0 spiro atoms. The Bertz CT molecular complexity index is 1190. The van der Waals surface area contributed by atoms with Crippen LogP contribution >= 0.6 is 0 Å². The molecule has 0 amide bonds. The number of aromatic nitrogens is 6. The van der Waals surface area contributed by atoms with Crippen LogP contribution in [-0.2, 0) is 0 Å². The van der Waals surface area contributed by atoms with Gasteiger partial charge in [0.15, 0.2) is 11.3 Å². The Kier molecular flexibility index (Phi) is 3.53. The molecule has 1 aliphatic rings. The Morgan fingerprint density at radius 3 is 3.07 bits per heavy atom. The first-order valence-electron chi connectivity index (χ1n) is 9.03. The molecule has 138 valence electrons. The van der Waals surface area contributed by atoms with Crippen molar-refractivity contribution in [3.63, 3.8) is 0 Å². The van der Waals surface area contributed by atoms with E-state index in [4.69, 9.17) is 5.26 Å². The number of anilines is 1. The molecule has 0 aliphatic heterocycles. The number of hydrogen-bond acceptors (Lipinski definition) is 6. The molecular formula is C19H22N8. The van der Waals surface area contributed by atoms with E-state index in [1.165, 1.54) is 0 Å². The number of H-pyrrole nitrogens is 1. The van der Waals surface area contributed by atoms with Crippen molar-refractivity contribution in [2.24, 2.45) is 0 Å². The summed E-state index contributed by atoms with van der Waals surface area (Å²) >= 11 is 0. The van der Waals surface area contributed by atoms with Gasteiger partial charge in [0.2, 0.25) is 0 Å². The number of nitriles is 1. The molecule has 1 saturated carbocycles. The summed E-state index contributed by atoms with van der Waals surface area (Å²) in [5, 5.41) is 21.3. The fourth-order valence-corrected chi connectivity index (χ4v) is 3.99. The molecule has 0 aromatic carbocycles. The van der Waals surface area contributed by atoms with E-state index >= 15 is 0 Å². The lowest BCUT2D eigenvalue weighted by atomic mass is 10.1. The lowest BCUT2D eigenvalue weighted by Crippen LogP contribution is -2.17. The van der Waals surface area contributed by atoms with Crippen molar-refractivity contribution < 1.29 is 2.85 Å². The van der Waals surface area contributed by atoms with Gasteiger partial charge in [-0.15, -0.1) is 10.2 Å². The molecule has 8 nitrogen and oxygen atoms in total. The molecule has 27 heavy (non-hydrogen) atoms. The van der Waals surface area contributed by atoms with Gasteiger partial charge in [0.05, 0.1) is 17.3 Å². The van der Waals surface area contributed by atoms with Crippen LogP contribution in [0.25, 0.3) is 16.8 Å². The zero-order valence-corrected chi connectivity index (χ0v) is 14.8. The summed E-state index contributed by atoms with van der Waals surface area (Å²) in [7, 11) is 0. The van der Waals surface area contributed by atoms with E-state index < -0.39 is 0 Å². The number of nitrogens with one attached hydrogen (secondary N) is 2. The van der Waals surface area contributed by atoms with Gasteiger partial charge in [0.1, 0.15) is 17.7 Å². The molecule has 2 N–H and O–H groups in total. The van der Waals surface area contributed by atoms with Gasteiger partial charge in [0.25, 0.3) is 0 Å². The minimum Gasteiger partial charge on any atom is -0.367 e. The highest BCUT2D eigenvalue weighted by molar-refractivity contribution is 5.74. The summed E-state index contributed by atoms with van der Waals surface area (Å²) in [5.74, 6) is 2.17. The van der Waals surface area contributed by atoms with Crippen molar-refractivity contribution in [3.05, 3.63) is 47.7 Å². The van der Waals surface area contributed by atoms with Crippen molar-refractivity contribution in [1.29, 1.82) is 5.26 Å². The number of aromatic amines is 1. The highest BCUT2D eigenvalue weighted by Crippen LogP contribution is 2.36. The van der Waals surface area contributed by atoms with Crippen LogP contribution in [0.15, 0.2) is 30.7 Å². The average molecular weight is 362 g/mol. The van der Waals surface area contributed by atoms with Crippen LogP contribution in [0.2, 0.25) is 0 Å². The van der Waals surface area contributed by atoms with E-state index in [9.17, 15) is 0 Å². The molecule has 0 radical (unpaired) electrons. The Morgan fingerprint density at radius 1 is 1.30 bits per heavy atom. The summed E-state index contributed by atoms with van der Waals surface area (Å²) in [5.41, 5.74) is 4.20. The summed E-state index contributed by atoms with van der Waals surface area (Å²) in [4.78, 5) is 11.9. The normalized spacial score (nSPS) is 19.6. The predicted octanol–water partition coefficient (Wildman–Crippen LogP) is 3.42. The van der Waals surface area contributed by atoms with Crippen LogP contribution in [0.5, 0.6) is 0 Å². The van der Waals surface area contributed by atoms with E-state index in [-0.39, 0.29) is 2.85 Å². The van der Waals surface area contributed by atoms with Crippen LogP contribution in [0.1, 0.15) is 45.0 Å². The number of nitrogens with zero attached hydrogens (tertiary/aromatic N) is 6. The Hall–Kier alpha value is -3.47. The lowest BCUT2D eigenvalue weighted by molar-refractivity contribution is 0.651. The Morgan fingerprint density at radius 2 is 2.22 bits per heavy atom. The minimum absolute atomic E-state index is 0. The van der Waals surface area contributed by atoms with E-state index in [0.717, 1.165) is 53.3 Å². The second-order valence-electron chi connectivity index (χ2n) is 7.07. The summed E-state index contributed by atoms with van der Waals surface area (Å²) in [6.45, 7) is 1.98. The Balaban J connectivity index is 0.00000120. The molecule has 8 heteroatoms. The number of aryl methyl sites for hydroxylation is 1. The predicted molar refractivity (Wildman–Crippen MR) is 105 cm³/mol. The fourth-order valence-electron chi connectivity index (χ4n) is 3.99. The van der Waals surface area contributed by atoms with E-state index in [0.29, 0.717) is 17.5 Å². The number of fused-ring (bicyclic) bond motifs is 3. The standard InChI is InChI=1S/C19H18N8.2H2/c1-11-6-12(8-20)9-22-17(11)24-14-3-2-13(7-14)19-26-25-16-10-23-18-15(27(16)19)4-5-21-18;;/h4-6,9-10,13-14,21H,2-3,7H2,1H3,(H,22,24);2*1H/t13-,14+;;/m1../s1. The minimum atomic E-state index is 0. The van der Waals surface area contributed by atoms with Gasteiger partial charge in [-0.2, -0.15) is 5.26 Å². The van der Waals surface area contributed by atoms with Gasteiger partial charge in [-0.1, -0.05) is 0 Å². The van der Waals surface area contributed by atoms with Crippen LogP contribution in [0.4, 0.5) is 5.82 Å². The number of hydrogen-bond donors (Lipinski definition) is 2. The maximum Gasteiger partial charge on any atom is 0.179 e. The molecule has 0 bridgehead atoms. The topological polar surface area (TPSA) is 108 Å². The van der Waals surface area contributed by atoms with Crippen LogP contribution in [0, 0.1) is 18.3 Å². The monoisotopic (exact) mass is 362 g/mol. The largest absolute Gasteiger partial charge is 0.367 e. The van der Waals surface area contributed by atoms with Crippen molar-refractivity contribution in [1.82, 2.24) is 29.5 Å². The third-order valence-electron chi connectivity index (χ3n) is 5.31. The average Bonchev–Trinajstić information content (AvgIpc) is 3.41. The second kappa shape index (κ2) is 6.06. The quantitative estimate of drug-likeness (QED) is 0.578. The summed E-state index contributed by atoms with van der Waals surface area (Å²) in [6, 6.07) is 6.33. The number of rotatable bonds is 3. The molecule has 0 saturated heterocycles. The highest BCUT2D eigenvalue weighted by atomic mass is 15.3. The third kappa shape index (κ3) is 2.59. The SMILES string of the molecule is Cc1cc(C#N)cnc1N[C@H]1CC[C@@H](c2nnc3cnc4[nH]ccc4n23)C1.[HH].[HH]. The first kappa shape index (κ1) is 15.8. The van der Waals surface area contributed by atoms with Crippen LogP contribution in [0.3, 0.4) is 0 Å². The fraction of sp³-hybridized carbons (Fsp3) is 0.316. The molecule has 4 aromatic heterocycles. The second-order valence-corrected chi connectivity index (χ2v) is 7.07. The van der Waals surface area contributed by atoms with Gasteiger partial charge in [-0.3, -0.25) is 4.40 Å². The highest BCUT2D eigenvalue weighted by Gasteiger charge is 2.30. The van der Waals surface area contributed by atoms with Crippen molar-refractivity contribution in [2.45, 2.75) is 38.1 Å². The molecule has 4 aromatic rings. The summed E-state index contributed by atoms with van der Waals surface area (Å²) < 4.78 is 2.11. The number of pyridine rings is 1. The maximum absolute atomic E-state index is 8.99. The molecule has 2 atom stereocenters. The molecule has 1 aliphatic carbocycles. The van der Waals surface area contributed by atoms with E-state index in [2.05, 4.69) is 40.9 Å². The van der Waals surface area contributed by atoms with Crippen molar-refractivity contribution in [3.8, 4) is 6.07 Å². The van der Waals surface area contributed by atoms with Gasteiger partial charge in [-0.25, -0.2) is 9.97 Å². The first-order valence-corrected chi connectivity index (χ1v) is 9.03. The smallest absolute Gasteiger partial charge is 0.179 e. The van der Waals surface area contributed by atoms with Gasteiger partial charge in [-0.05, 0) is 43.9 Å². The van der Waals surface area contributed by atoms with Crippen LogP contribution < -0.4 is 5.32 Å². The van der Waals surface area contributed by atoms with Crippen molar-refractivity contribution in [2.75, 3.05) is 5.32 Å². The zero-order valence-electron chi connectivity index (χ0n) is 14.8. The first-order chi connectivity index (χ1) is 13.2. The maximum atomic E-state index is 8.99. The van der Waals surface area contributed by atoms with Gasteiger partial charge in [0, 0.05) is 27.2 Å². The Labute approximate surface area is 158 Å². The van der Waals surface area contributed by atoms with E-state index in [1.54, 1.807) is 12.4 Å². The summed E-state index contributed by atoms with van der Waals surface area (Å²) in [6.07, 6.45) is 8.31. The molecule has 0 unspecified atom stereocenters. The molecule has 4 heterocycles.